The van der Waals surface area contributed by atoms with Crippen molar-refractivity contribution >= 4 is 0 Å². The van der Waals surface area contributed by atoms with E-state index in [4.69, 9.17) is 0 Å². The Hall–Kier alpha value is 2.04. The van der Waals surface area contributed by atoms with Crippen molar-refractivity contribution in [2.45, 2.75) is 53.4 Å². The van der Waals surface area contributed by atoms with Crippen LogP contribution in [0, 0.1) is 0 Å². The Morgan fingerprint density at radius 1 is 0.625 bits per heavy atom. The molecule has 1 N–H and O–H groups in total. The van der Waals surface area contributed by atoms with Crippen molar-refractivity contribution in [2.75, 3.05) is 26.2 Å². The van der Waals surface area contributed by atoms with Gasteiger partial charge in [-0.15, -0.1) is 0 Å². The molecule has 0 bridgehead atoms. The number of halogens is 1. The van der Waals surface area contributed by atoms with E-state index in [1.807, 2.05) is 0 Å². The molecule has 0 unspecified atom stereocenters. The monoisotopic (exact) mass is 321 g/mol. The molecule has 0 aliphatic heterocycles. The van der Waals surface area contributed by atoms with E-state index in [1.165, 1.54) is 56.3 Å². The third-order valence-corrected chi connectivity index (χ3v) is 2.79. The third kappa shape index (κ3) is 11.1. The van der Waals surface area contributed by atoms with Crippen LogP contribution in [-0.2, 0) is 0 Å². The minimum absolute atomic E-state index is 0. The minimum atomic E-state index is 0. The molecule has 0 fully saturated rings. The van der Waals surface area contributed by atoms with Crippen molar-refractivity contribution < 1.29 is 78.3 Å². The van der Waals surface area contributed by atoms with Crippen molar-refractivity contribution in [3.05, 3.63) is 0 Å². The summed E-state index contributed by atoms with van der Waals surface area (Å²) in [6.07, 6.45) is 5.33. The van der Waals surface area contributed by atoms with Crippen LogP contribution in [0.25, 0.3) is 0 Å². The number of rotatable bonds is 8. The molecule has 0 aromatic heterocycles. The van der Waals surface area contributed by atoms with Crippen LogP contribution in [-0.4, -0.2) is 36.1 Å². The Bertz CT molecular complexity index is 96.1. The van der Waals surface area contributed by atoms with E-state index < -0.39 is 0 Å². The van der Waals surface area contributed by atoms with Crippen LogP contribution >= 0.6 is 0 Å². The molecule has 0 aromatic carbocycles. The number of hydrogen-bond donors (Lipinski definition) is 0. The molecule has 96 valence electrons. The van der Waals surface area contributed by atoms with Crippen LogP contribution < -0.4 is 68.4 Å². The fraction of sp³-hybridized carbons (Fsp3) is 1.00. The molecule has 0 atom stereocenters. The fourth-order valence-electron chi connectivity index (χ4n) is 2.57. The summed E-state index contributed by atoms with van der Waals surface area (Å²) in [7, 11) is 0. The number of quaternary nitrogens is 1. The SMILES string of the molecule is CCC[N+](CCC)(CCC)CCC.[Br-].[K+].[OH-]. The molecule has 0 heterocycles. The van der Waals surface area contributed by atoms with Crippen LogP contribution in [0.1, 0.15) is 53.4 Å². The van der Waals surface area contributed by atoms with Crippen molar-refractivity contribution in [3.63, 3.8) is 0 Å². The van der Waals surface area contributed by atoms with Gasteiger partial charge in [0.1, 0.15) is 0 Å². The maximum Gasteiger partial charge on any atom is 1.00 e. The van der Waals surface area contributed by atoms with E-state index in [9.17, 15) is 0 Å². The van der Waals surface area contributed by atoms with Crippen molar-refractivity contribution in [2.24, 2.45) is 0 Å². The molecule has 0 aliphatic carbocycles. The zero-order chi connectivity index (χ0) is 10.2. The molecular formula is C12H29BrKNO. The van der Waals surface area contributed by atoms with Gasteiger partial charge >= 0.3 is 51.4 Å². The Labute approximate surface area is 156 Å². The van der Waals surface area contributed by atoms with Gasteiger partial charge in [-0.3, -0.25) is 0 Å². The molecule has 0 aliphatic rings. The van der Waals surface area contributed by atoms with Crippen LogP contribution in [0.4, 0.5) is 0 Å². The van der Waals surface area contributed by atoms with E-state index in [2.05, 4.69) is 27.7 Å². The van der Waals surface area contributed by atoms with Gasteiger partial charge in [-0.05, 0) is 25.7 Å². The fourth-order valence-corrected chi connectivity index (χ4v) is 2.57. The summed E-state index contributed by atoms with van der Waals surface area (Å²) in [5.74, 6) is 0. The Kier molecular flexibility index (Phi) is 28.3. The summed E-state index contributed by atoms with van der Waals surface area (Å²) >= 11 is 0. The van der Waals surface area contributed by atoms with Gasteiger partial charge in [0.25, 0.3) is 0 Å². The molecular weight excluding hydrogens is 293 g/mol. The maximum absolute atomic E-state index is 2.31. The van der Waals surface area contributed by atoms with Crippen LogP contribution in [0.5, 0.6) is 0 Å². The van der Waals surface area contributed by atoms with E-state index in [0.717, 1.165) is 0 Å². The average molecular weight is 322 g/mol. The number of hydrogen-bond acceptors (Lipinski definition) is 1. The molecule has 2 nitrogen and oxygen atoms in total. The van der Waals surface area contributed by atoms with Crippen molar-refractivity contribution in [1.82, 2.24) is 0 Å². The second-order valence-corrected chi connectivity index (χ2v) is 4.24. The molecule has 0 saturated heterocycles. The summed E-state index contributed by atoms with van der Waals surface area (Å²) in [5.41, 5.74) is 0. The van der Waals surface area contributed by atoms with Gasteiger partial charge in [0.05, 0.1) is 26.2 Å². The zero-order valence-corrected chi connectivity index (χ0v) is 16.6. The minimum Gasteiger partial charge on any atom is -1.00 e. The predicted octanol–water partition coefficient (Wildman–Crippen LogP) is -2.73. The molecule has 0 saturated carbocycles. The van der Waals surface area contributed by atoms with Gasteiger partial charge in [-0.2, -0.15) is 0 Å². The first-order valence-electron chi connectivity index (χ1n) is 6.09. The van der Waals surface area contributed by atoms with Gasteiger partial charge in [-0.1, -0.05) is 27.7 Å². The normalized spacial score (nSPS) is 9.75. The predicted molar refractivity (Wildman–Crippen MR) is 62.8 cm³/mol. The molecule has 0 amide bonds. The zero-order valence-electron chi connectivity index (χ0n) is 11.9. The van der Waals surface area contributed by atoms with Gasteiger partial charge in [0.15, 0.2) is 0 Å². The number of nitrogens with zero attached hydrogens (tertiary/aromatic N) is 1. The molecule has 4 heteroatoms. The Morgan fingerprint density at radius 3 is 0.938 bits per heavy atom. The Morgan fingerprint density at radius 2 is 0.812 bits per heavy atom. The van der Waals surface area contributed by atoms with E-state index in [-0.39, 0.29) is 73.8 Å². The van der Waals surface area contributed by atoms with E-state index in [0.29, 0.717) is 0 Å². The second kappa shape index (κ2) is 17.0. The quantitative estimate of drug-likeness (QED) is 0.353. The van der Waals surface area contributed by atoms with Crippen LogP contribution in [0.2, 0.25) is 0 Å². The second-order valence-electron chi connectivity index (χ2n) is 4.24. The molecule has 0 spiro atoms. The van der Waals surface area contributed by atoms with Gasteiger partial charge in [0, 0.05) is 0 Å². The molecule has 0 radical (unpaired) electrons. The van der Waals surface area contributed by atoms with Crippen molar-refractivity contribution in [3.8, 4) is 0 Å². The summed E-state index contributed by atoms with van der Waals surface area (Å²) in [5, 5.41) is 0. The average Bonchev–Trinajstić information content (AvgIpc) is 2.06. The summed E-state index contributed by atoms with van der Waals surface area (Å²) in [6, 6.07) is 0. The van der Waals surface area contributed by atoms with Gasteiger partial charge < -0.3 is 26.9 Å². The van der Waals surface area contributed by atoms with Crippen LogP contribution in [0.15, 0.2) is 0 Å². The molecule has 16 heavy (non-hydrogen) atoms. The summed E-state index contributed by atoms with van der Waals surface area (Å²) in [4.78, 5) is 0. The first-order chi connectivity index (χ1) is 6.24. The smallest absolute Gasteiger partial charge is 1.00 e. The van der Waals surface area contributed by atoms with Crippen LogP contribution in [0.3, 0.4) is 0 Å². The first kappa shape index (κ1) is 26.6. The van der Waals surface area contributed by atoms with E-state index in [1.54, 1.807) is 0 Å². The topological polar surface area (TPSA) is 30.0 Å². The molecule has 0 rings (SSSR count). The summed E-state index contributed by atoms with van der Waals surface area (Å²) < 4.78 is 1.38. The maximum atomic E-state index is 2.31. The first-order valence-corrected chi connectivity index (χ1v) is 6.09. The van der Waals surface area contributed by atoms with Crippen molar-refractivity contribution in [1.29, 1.82) is 0 Å². The largest absolute Gasteiger partial charge is 1.00 e. The summed E-state index contributed by atoms with van der Waals surface area (Å²) in [6.45, 7) is 14.8. The Balaban J connectivity index is -0.000000240. The van der Waals surface area contributed by atoms with Gasteiger partial charge in [-0.25, -0.2) is 0 Å². The molecule has 0 aromatic rings. The standard InChI is InChI=1S/C12H28N.BrH.K.H2O/c1-5-9-13(10-6-2,11-7-3)12-8-4;;;/h5-12H2,1-4H3;1H;;1H2/q+1;;+1;/p-2. The van der Waals surface area contributed by atoms with Gasteiger partial charge in [0.2, 0.25) is 0 Å². The van der Waals surface area contributed by atoms with E-state index >= 15 is 0 Å². The third-order valence-electron chi connectivity index (χ3n) is 2.79.